The number of benzene rings is 2. The monoisotopic (exact) mass is 492 g/mol. The van der Waals surface area contributed by atoms with Gasteiger partial charge in [0.2, 0.25) is 5.91 Å². The van der Waals surface area contributed by atoms with Crippen LogP contribution in [0.4, 0.5) is 0 Å². The number of aromatic hydroxyl groups is 1. The summed E-state index contributed by atoms with van der Waals surface area (Å²) in [5.74, 6) is 0.635. The minimum absolute atomic E-state index is 0.0351. The number of halogens is 1. The molecule has 2 atom stereocenters. The van der Waals surface area contributed by atoms with Crippen molar-refractivity contribution >= 4 is 34.7 Å². The quantitative estimate of drug-likeness (QED) is 0.366. The van der Waals surface area contributed by atoms with Crippen molar-refractivity contribution in [3.05, 3.63) is 56.7 Å². The number of methoxy groups -OCH3 is 1. The highest BCUT2D eigenvalue weighted by atomic mass is 127. The van der Waals surface area contributed by atoms with Crippen LogP contribution >= 0.6 is 22.6 Å². The smallest absolute Gasteiger partial charge is 0.243 e. The fourth-order valence-corrected chi connectivity index (χ4v) is 3.79. The minimum atomic E-state index is -0.0680. The van der Waals surface area contributed by atoms with E-state index in [4.69, 9.17) is 4.74 Å². The third-order valence-corrected chi connectivity index (χ3v) is 5.81. The maximum atomic E-state index is 12.4. The number of rotatable bonds is 5. The largest absolute Gasteiger partial charge is 0.504 e. The molecular weight excluding hydrogens is 467 g/mol. The second-order valence-electron chi connectivity index (χ2n) is 8.11. The molecule has 2 N–H and O–H groups in total. The van der Waals surface area contributed by atoms with Crippen LogP contribution in [0.2, 0.25) is 0 Å². The van der Waals surface area contributed by atoms with Crippen molar-refractivity contribution in [2.45, 2.75) is 38.5 Å². The molecule has 0 spiro atoms. The van der Waals surface area contributed by atoms with E-state index < -0.39 is 0 Å². The number of ether oxygens (including phenoxy) is 1. The molecule has 5 nitrogen and oxygen atoms in total. The Morgan fingerprint density at radius 3 is 2.57 bits per heavy atom. The zero-order valence-corrected chi connectivity index (χ0v) is 18.6. The average Bonchev–Trinajstić information content (AvgIpc) is 3.44. The van der Waals surface area contributed by atoms with E-state index in [0.717, 1.165) is 12.0 Å². The topological polar surface area (TPSA) is 70.9 Å². The summed E-state index contributed by atoms with van der Waals surface area (Å²) in [4.78, 5) is 12.4. The number of phenolic OH excluding ortho intramolecular Hbond substituents is 1. The first-order valence-electron chi connectivity index (χ1n) is 9.20. The normalized spacial score (nSPS) is 18.9. The SMILES string of the molecule is COc1cc(C=NNC(=O)[C@@H]2C[C@H]2c2ccc(C(C)(C)C)cc2)cc(I)c1O. The van der Waals surface area contributed by atoms with Crippen molar-refractivity contribution in [1.82, 2.24) is 5.43 Å². The van der Waals surface area contributed by atoms with Crippen molar-refractivity contribution in [2.24, 2.45) is 11.0 Å². The summed E-state index contributed by atoms with van der Waals surface area (Å²) in [5.41, 5.74) is 5.99. The maximum absolute atomic E-state index is 12.4. The van der Waals surface area contributed by atoms with Gasteiger partial charge < -0.3 is 9.84 Å². The Balaban J connectivity index is 1.58. The van der Waals surface area contributed by atoms with Gasteiger partial charge in [0, 0.05) is 5.92 Å². The molecule has 1 aliphatic rings. The van der Waals surface area contributed by atoms with E-state index in [9.17, 15) is 9.90 Å². The molecule has 0 unspecified atom stereocenters. The molecule has 2 aromatic rings. The Hall–Kier alpha value is -2.09. The predicted octanol–water partition coefficient (Wildman–Crippen LogP) is 4.56. The molecule has 6 heteroatoms. The number of carbonyl (C=O) groups is 1. The van der Waals surface area contributed by atoms with Gasteiger partial charge in [0.05, 0.1) is 16.9 Å². The molecule has 0 aliphatic heterocycles. The van der Waals surface area contributed by atoms with E-state index in [1.165, 1.54) is 18.2 Å². The number of carbonyl (C=O) groups excluding carboxylic acids is 1. The van der Waals surface area contributed by atoms with Crippen molar-refractivity contribution in [3.8, 4) is 11.5 Å². The first kappa shape index (κ1) is 20.6. The summed E-state index contributed by atoms with van der Waals surface area (Å²) < 4.78 is 5.79. The Labute approximate surface area is 179 Å². The zero-order valence-electron chi connectivity index (χ0n) is 16.5. The number of hydrogen-bond acceptors (Lipinski definition) is 4. The van der Waals surface area contributed by atoms with Crippen LogP contribution in [0.3, 0.4) is 0 Å². The van der Waals surface area contributed by atoms with Crippen LogP contribution in [0, 0.1) is 9.49 Å². The molecule has 0 aromatic heterocycles. The lowest BCUT2D eigenvalue weighted by atomic mass is 9.86. The van der Waals surface area contributed by atoms with Gasteiger partial charge in [0.15, 0.2) is 11.5 Å². The molecular formula is C22H25IN2O3. The molecule has 1 saturated carbocycles. The molecule has 0 saturated heterocycles. The van der Waals surface area contributed by atoms with E-state index >= 15 is 0 Å². The summed E-state index contributed by atoms with van der Waals surface area (Å²) in [6.45, 7) is 6.58. The standard InChI is InChI=1S/C22H25IN2O3/c1-22(2,3)15-7-5-14(6-8-15)16-11-17(16)21(27)25-24-12-13-9-18(23)20(26)19(10-13)28-4/h5-10,12,16-17,26H,11H2,1-4H3,(H,25,27)/t16-,17+/m0/s1. The maximum Gasteiger partial charge on any atom is 0.243 e. The summed E-state index contributed by atoms with van der Waals surface area (Å²) in [6.07, 6.45) is 2.40. The number of phenols is 1. The lowest BCUT2D eigenvalue weighted by molar-refractivity contribution is -0.122. The van der Waals surface area contributed by atoms with Gasteiger partial charge in [0.1, 0.15) is 0 Å². The van der Waals surface area contributed by atoms with Gasteiger partial charge in [-0.1, -0.05) is 45.0 Å². The van der Waals surface area contributed by atoms with Crippen LogP contribution in [-0.4, -0.2) is 24.3 Å². The summed E-state index contributed by atoms with van der Waals surface area (Å²) in [5, 5.41) is 13.9. The highest BCUT2D eigenvalue weighted by molar-refractivity contribution is 14.1. The van der Waals surface area contributed by atoms with Gasteiger partial charge in [-0.25, -0.2) is 5.43 Å². The van der Waals surface area contributed by atoms with Gasteiger partial charge in [-0.15, -0.1) is 0 Å². The molecule has 3 rings (SSSR count). The van der Waals surface area contributed by atoms with Crippen LogP contribution in [0.5, 0.6) is 11.5 Å². The van der Waals surface area contributed by atoms with Crippen LogP contribution < -0.4 is 10.2 Å². The van der Waals surface area contributed by atoms with E-state index in [-0.39, 0.29) is 28.9 Å². The summed E-state index contributed by atoms with van der Waals surface area (Å²) >= 11 is 2.02. The van der Waals surface area contributed by atoms with Gasteiger partial charge in [-0.05, 0) is 69.2 Å². The van der Waals surface area contributed by atoms with Crippen LogP contribution in [0.1, 0.15) is 49.8 Å². The summed E-state index contributed by atoms with van der Waals surface area (Å²) in [6, 6.07) is 12.0. The molecule has 0 radical (unpaired) electrons. The van der Waals surface area contributed by atoms with Crippen LogP contribution in [-0.2, 0) is 10.2 Å². The number of hydrogen-bond donors (Lipinski definition) is 2. The fourth-order valence-electron chi connectivity index (χ4n) is 3.16. The van der Waals surface area contributed by atoms with E-state index in [0.29, 0.717) is 9.32 Å². The number of nitrogens with zero attached hydrogens (tertiary/aromatic N) is 1. The van der Waals surface area contributed by atoms with Crippen molar-refractivity contribution in [3.63, 3.8) is 0 Å². The number of amides is 1. The number of nitrogens with one attached hydrogen (secondary N) is 1. The fraction of sp³-hybridized carbons (Fsp3) is 0.364. The van der Waals surface area contributed by atoms with Gasteiger partial charge in [-0.2, -0.15) is 5.10 Å². The lowest BCUT2D eigenvalue weighted by Crippen LogP contribution is -2.20. The van der Waals surface area contributed by atoms with Crippen molar-refractivity contribution in [2.75, 3.05) is 7.11 Å². The molecule has 148 valence electrons. The molecule has 2 aromatic carbocycles. The predicted molar refractivity (Wildman–Crippen MR) is 119 cm³/mol. The average molecular weight is 492 g/mol. The Kier molecular flexibility index (Phi) is 5.98. The molecule has 1 aliphatic carbocycles. The third-order valence-electron chi connectivity index (χ3n) is 4.99. The Bertz CT molecular complexity index is 901. The summed E-state index contributed by atoms with van der Waals surface area (Å²) in [7, 11) is 1.50. The second-order valence-corrected chi connectivity index (χ2v) is 9.27. The molecule has 1 fully saturated rings. The van der Waals surface area contributed by atoms with Crippen molar-refractivity contribution < 1.29 is 14.6 Å². The van der Waals surface area contributed by atoms with E-state index in [1.54, 1.807) is 18.3 Å². The second kappa shape index (κ2) is 8.11. The van der Waals surface area contributed by atoms with Crippen LogP contribution in [0.15, 0.2) is 41.5 Å². The minimum Gasteiger partial charge on any atom is -0.504 e. The highest BCUT2D eigenvalue weighted by Crippen LogP contribution is 2.47. The molecule has 0 bridgehead atoms. The van der Waals surface area contributed by atoms with Gasteiger partial charge >= 0.3 is 0 Å². The number of hydrazone groups is 1. The Morgan fingerprint density at radius 1 is 1.29 bits per heavy atom. The first-order chi connectivity index (χ1) is 13.2. The lowest BCUT2D eigenvalue weighted by Gasteiger charge is -2.19. The van der Waals surface area contributed by atoms with Crippen molar-refractivity contribution in [1.29, 1.82) is 0 Å². The van der Waals surface area contributed by atoms with E-state index in [2.05, 4.69) is 55.6 Å². The zero-order chi connectivity index (χ0) is 20.5. The molecule has 1 amide bonds. The van der Waals surface area contributed by atoms with Gasteiger partial charge in [0.25, 0.3) is 0 Å². The third kappa shape index (κ3) is 4.66. The molecule has 0 heterocycles. The molecule has 28 heavy (non-hydrogen) atoms. The van der Waals surface area contributed by atoms with E-state index in [1.807, 2.05) is 22.6 Å². The first-order valence-corrected chi connectivity index (χ1v) is 10.3. The Morgan fingerprint density at radius 2 is 1.96 bits per heavy atom. The van der Waals surface area contributed by atoms with Crippen LogP contribution in [0.25, 0.3) is 0 Å². The van der Waals surface area contributed by atoms with Gasteiger partial charge in [-0.3, -0.25) is 4.79 Å². The highest BCUT2D eigenvalue weighted by Gasteiger charge is 2.44.